The van der Waals surface area contributed by atoms with Crippen LogP contribution in [0.4, 0.5) is 11.8 Å². The van der Waals surface area contributed by atoms with Gasteiger partial charge in [0.1, 0.15) is 5.82 Å². The van der Waals surface area contributed by atoms with E-state index >= 15 is 0 Å². The van der Waals surface area contributed by atoms with Crippen molar-refractivity contribution >= 4 is 22.7 Å². The molecule has 0 saturated carbocycles. The molecule has 3 heterocycles. The lowest BCUT2D eigenvalue weighted by Crippen LogP contribution is -2.39. The Morgan fingerprint density at radius 2 is 2.11 bits per heavy atom. The number of nitrogens with one attached hydrogen (secondary N) is 1. The van der Waals surface area contributed by atoms with Crippen LogP contribution in [0.1, 0.15) is 5.69 Å². The average molecular weight is 382 g/mol. The molecule has 1 saturated heterocycles. The quantitative estimate of drug-likeness (QED) is 0.665. The van der Waals surface area contributed by atoms with Crippen LogP contribution in [0, 0.1) is 0 Å². The maximum atomic E-state index is 5.65. The predicted molar refractivity (Wildman–Crippen MR) is 109 cm³/mol. The van der Waals surface area contributed by atoms with E-state index in [1.807, 2.05) is 30.3 Å². The third-order valence-electron chi connectivity index (χ3n) is 5.26. The van der Waals surface area contributed by atoms with Crippen LogP contribution in [0.25, 0.3) is 11.0 Å². The topological polar surface area (TPSA) is 79.5 Å². The third-order valence-corrected chi connectivity index (χ3v) is 5.26. The Morgan fingerprint density at radius 1 is 1.25 bits per heavy atom. The van der Waals surface area contributed by atoms with E-state index in [-0.39, 0.29) is 6.10 Å². The van der Waals surface area contributed by atoms with Gasteiger partial charge in [-0.1, -0.05) is 17.3 Å². The number of aromatic nitrogens is 3. The molecule has 1 aliphatic rings. The number of para-hydroxylation sites is 1. The molecule has 0 radical (unpaired) electrons. The second-order valence-corrected chi connectivity index (χ2v) is 7.25. The van der Waals surface area contributed by atoms with Gasteiger partial charge in [-0.3, -0.25) is 0 Å². The molecule has 1 fully saturated rings. The van der Waals surface area contributed by atoms with Crippen molar-refractivity contribution in [2.24, 2.45) is 0 Å². The van der Waals surface area contributed by atoms with Crippen LogP contribution in [0.2, 0.25) is 0 Å². The highest BCUT2D eigenvalue weighted by atomic mass is 16.5. The second kappa shape index (κ2) is 8.12. The van der Waals surface area contributed by atoms with Crippen LogP contribution in [-0.2, 0) is 11.2 Å². The molecule has 1 aromatic carbocycles. The summed E-state index contributed by atoms with van der Waals surface area (Å²) in [5.74, 6) is 1.53. The number of ether oxygens (including phenoxy) is 1. The Balaban J connectivity index is 1.39. The maximum Gasteiger partial charge on any atom is 0.224 e. The summed E-state index contributed by atoms with van der Waals surface area (Å²) in [6.45, 7) is 2.38. The molecular formula is C20H26N6O2. The summed E-state index contributed by atoms with van der Waals surface area (Å²) in [6.07, 6.45) is 2.70. The van der Waals surface area contributed by atoms with E-state index in [0.29, 0.717) is 18.5 Å². The van der Waals surface area contributed by atoms with E-state index in [1.165, 1.54) is 0 Å². The zero-order chi connectivity index (χ0) is 19.5. The lowest BCUT2D eigenvalue weighted by atomic mass is 10.2. The molecule has 148 valence electrons. The molecule has 0 aliphatic carbocycles. The van der Waals surface area contributed by atoms with Gasteiger partial charge in [-0.15, -0.1) is 0 Å². The van der Waals surface area contributed by atoms with Crippen molar-refractivity contribution in [3.05, 3.63) is 42.2 Å². The Kier molecular flexibility index (Phi) is 5.40. The van der Waals surface area contributed by atoms with Gasteiger partial charge in [-0.2, -0.15) is 4.98 Å². The molecule has 1 N–H and O–H groups in total. The lowest BCUT2D eigenvalue weighted by molar-refractivity contribution is 0.0639. The van der Waals surface area contributed by atoms with Crippen molar-refractivity contribution in [1.82, 2.24) is 20.0 Å². The monoisotopic (exact) mass is 382 g/mol. The number of hydrogen-bond acceptors (Lipinski definition) is 8. The fraction of sp³-hybridized carbons (Fsp3) is 0.450. The molecule has 0 unspecified atom stereocenters. The number of likely N-dealkylation sites (N-methyl/N-ethyl adjacent to an activating group) is 1. The minimum Gasteiger partial charge on any atom is -0.378 e. The molecule has 3 aromatic rings. The highest BCUT2D eigenvalue weighted by Gasteiger charge is 2.35. The minimum atomic E-state index is 0.168. The van der Waals surface area contributed by atoms with Crippen LogP contribution >= 0.6 is 0 Å². The Hall–Kier alpha value is -2.71. The van der Waals surface area contributed by atoms with Crippen LogP contribution in [-0.4, -0.2) is 73.0 Å². The predicted octanol–water partition coefficient (Wildman–Crippen LogP) is 2.04. The highest BCUT2D eigenvalue weighted by Crippen LogP contribution is 2.23. The summed E-state index contributed by atoms with van der Waals surface area (Å²) in [6, 6.07) is 10.2. The van der Waals surface area contributed by atoms with Gasteiger partial charge in [-0.25, -0.2) is 4.98 Å². The standard InChI is InChI=1S/C20H26N6O2/c1-25(2)16-12-26(13-18(16)27-3)19-9-11-22-20(23-19)21-10-8-15-14-6-4-5-7-17(14)28-24-15/h4-7,9,11,16,18H,8,10,12-13H2,1-3H3,(H,21,22,23)/t16-,18+/m0/s1. The van der Waals surface area contributed by atoms with Crippen molar-refractivity contribution in [3.8, 4) is 0 Å². The summed E-state index contributed by atoms with van der Waals surface area (Å²) in [5, 5.41) is 8.52. The van der Waals surface area contributed by atoms with Gasteiger partial charge in [0, 0.05) is 44.7 Å². The molecule has 2 atom stereocenters. The van der Waals surface area contributed by atoms with Crippen LogP contribution in [0.3, 0.4) is 0 Å². The second-order valence-electron chi connectivity index (χ2n) is 7.25. The molecule has 2 aromatic heterocycles. The first-order valence-electron chi connectivity index (χ1n) is 9.50. The van der Waals surface area contributed by atoms with Crippen molar-refractivity contribution in [2.75, 3.05) is 51.1 Å². The van der Waals surface area contributed by atoms with E-state index in [4.69, 9.17) is 9.26 Å². The van der Waals surface area contributed by atoms with Gasteiger partial charge in [0.25, 0.3) is 0 Å². The van der Waals surface area contributed by atoms with Gasteiger partial charge in [0.15, 0.2) is 5.58 Å². The lowest BCUT2D eigenvalue weighted by Gasteiger charge is -2.23. The number of nitrogens with zero attached hydrogens (tertiary/aromatic N) is 5. The van der Waals surface area contributed by atoms with E-state index in [2.05, 4.69) is 44.3 Å². The molecule has 28 heavy (non-hydrogen) atoms. The van der Waals surface area contributed by atoms with Crippen LogP contribution in [0.15, 0.2) is 41.1 Å². The summed E-state index contributed by atoms with van der Waals surface area (Å²) < 4.78 is 11.0. The van der Waals surface area contributed by atoms with Crippen molar-refractivity contribution in [3.63, 3.8) is 0 Å². The first-order valence-corrected chi connectivity index (χ1v) is 9.50. The SMILES string of the molecule is CO[C@@H]1CN(c2ccnc(NCCc3noc4ccccc34)n2)C[C@@H]1N(C)C. The molecule has 8 nitrogen and oxygen atoms in total. The van der Waals surface area contributed by atoms with E-state index in [9.17, 15) is 0 Å². The number of hydrogen-bond donors (Lipinski definition) is 1. The molecule has 4 rings (SSSR count). The highest BCUT2D eigenvalue weighted by molar-refractivity contribution is 5.79. The van der Waals surface area contributed by atoms with Crippen LogP contribution in [0.5, 0.6) is 0 Å². The molecule has 0 amide bonds. The maximum absolute atomic E-state index is 5.65. The number of anilines is 2. The number of benzene rings is 1. The summed E-state index contributed by atoms with van der Waals surface area (Å²) in [7, 11) is 5.94. The third kappa shape index (κ3) is 3.79. The minimum absolute atomic E-state index is 0.168. The normalized spacial score (nSPS) is 19.6. The van der Waals surface area contributed by atoms with E-state index < -0.39 is 0 Å². The average Bonchev–Trinajstić information content (AvgIpc) is 3.33. The van der Waals surface area contributed by atoms with Gasteiger partial charge < -0.3 is 24.4 Å². The molecule has 8 heteroatoms. The number of methoxy groups -OCH3 is 1. The number of rotatable bonds is 7. The Morgan fingerprint density at radius 3 is 2.89 bits per heavy atom. The van der Waals surface area contributed by atoms with Crippen molar-refractivity contribution in [1.29, 1.82) is 0 Å². The Labute approximate surface area is 164 Å². The molecular weight excluding hydrogens is 356 g/mol. The molecule has 0 bridgehead atoms. The Bertz CT molecular complexity index is 928. The first kappa shape index (κ1) is 18.6. The summed E-state index contributed by atoms with van der Waals surface area (Å²) in [4.78, 5) is 13.5. The molecule has 0 spiro atoms. The summed E-state index contributed by atoms with van der Waals surface area (Å²) in [5.41, 5.74) is 1.75. The zero-order valence-corrected chi connectivity index (χ0v) is 16.5. The van der Waals surface area contributed by atoms with Gasteiger partial charge >= 0.3 is 0 Å². The summed E-state index contributed by atoms with van der Waals surface area (Å²) >= 11 is 0. The van der Waals surface area contributed by atoms with E-state index in [0.717, 1.165) is 42.0 Å². The number of fused-ring (bicyclic) bond motifs is 1. The molecule has 1 aliphatic heterocycles. The van der Waals surface area contributed by atoms with Gasteiger partial charge in [0.05, 0.1) is 17.8 Å². The largest absolute Gasteiger partial charge is 0.378 e. The fourth-order valence-corrected chi connectivity index (χ4v) is 3.69. The smallest absolute Gasteiger partial charge is 0.224 e. The fourth-order valence-electron chi connectivity index (χ4n) is 3.69. The zero-order valence-electron chi connectivity index (χ0n) is 16.5. The van der Waals surface area contributed by atoms with Gasteiger partial charge in [-0.05, 0) is 32.3 Å². The van der Waals surface area contributed by atoms with Crippen LogP contribution < -0.4 is 10.2 Å². The van der Waals surface area contributed by atoms with Crippen molar-refractivity contribution in [2.45, 2.75) is 18.6 Å². The first-order chi connectivity index (χ1) is 13.7. The van der Waals surface area contributed by atoms with Crippen molar-refractivity contribution < 1.29 is 9.26 Å². The van der Waals surface area contributed by atoms with E-state index in [1.54, 1.807) is 13.3 Å². The van der Waals surface area contributed by atoms with Gasteiger partial charge in [0.2, 0.25) is 5.95 Å².